The van der Waals surface area contributed by atoms with Gasteiger partial charge in [-0.25, -0.2) is 4.79 Å². The predicted octanol–water partition coefficient (Wildman–Crippen LogP) is 5.42. The summed E-state index contributed by atoms with van der Waals surface area (Å²) in [6, 6.07) is 13.6. The summed E-state index contributed by atoms with van der Waals surface area (Å²) in [7, 11) is 1.53. The van der Waals surface area contributed by atoms with Crippen LogP contribution < -0.4 is 5.32 Å². The number of ether oxygens (including phenoxy) is 4. The van der Waals surface area contributed by atoms with Gasteiger partial charge in [0.1, 0.15) is 35.9 Å². The zero-order valence-electron chi connectivity index (χ0n) is 34.4. The number of carbonyl (C=O) groups is 4. The summed E-state index contributed by atoms with van der Waals surface area (Å²) < 4.78 is 62.5. The Morgan fingerprint density at radius 1 is 1.00 bits per heavy atom. The molecule has 0 radical (unpaired) electrons. The van der Waals surface area contributed by atoms with Crippen molar-refractivity contribution in [2.45, 2.75) is 133 Å². The number of aliphatic hydroxyl groups is 1. The van der Waals surface area contributed by atoms with Gasteiger partial charge in [0.05, 0.1) is 13.2 Å². The van der Waals surface area contributed by atoms with Gasteiger partial charge in [-0.05, 0) is 35.6 Å². The number of amides is 2. The van der Waals surface area contributed by atoms with Crippen LogP contribution in [0.15, 0.2) is 60.7 Å². The number of esters is 2. The minimum Gasteiger partial charge on any atom is -0.458 e. The van der Waals surface area contributed by atoms with E-state index in [1.807, 2.05) is 30.3 Å². The Labute approximate surface area is 348 Å². The third-order valence-electron chi connectivity index (χ3n) is 11.9. The molecule has 13 nitrogen and oxygen atoms in total. The van der Waals surface area contributed by atoms with Crippen LogP contribution >= 0.6 is 0 Å². The molecule has 2 amide bonds. The van der Waals surface area contributed by atoms with Gasteiger partial charge in [0.15, 0.2) is 18.4 Å². The van der Waals surface area contributed by atoms with E-state index in [4.69, 9.17) is 19.0 Å². The number of hydroxylamine groups is 2. The maximum Gasteiger partial charge on any atom is 0.422 e. The molecule has 60 heavy (non-hydrogen) atoms. The molecule has 2 aromatic rings. The van der Waals surface area contributed by atoms with Crippen LogP contribution in [0.3, 0.4) is 0 Å². The molecule has 16 heteroatoms. The zero-order chi connectivity index (χ0) is 43.1. The summed E-state index contributed by atoms with van der Waals surface area (Å²) >= 11 is 0. The van der Waals surface area contributed by atoms with Crippen LogP contribution in [-0.2, 0) is 55.9 Å². The van der Waals surface area contributed by atoms with E-state index in [0.29, 0.717) is 24.0 Å². The lowest BCUT2D eigenvalue weighted by atomic mass is 9.62. The smallest absolute Gasteiger partial charge is 0.422 e. The van der Waals surface area contributed by atoms with Crippen molar-refractivity contribution in [3.63, 3.8) is 0 Å². The molecule has 2 bridgehead atoms. The van der Waals surface area contributed by atoms with E-state index in [1.165, 1.54) is 23.1 Å². The summed E-state index contributed by atoms with van der Waals surface area (Å²) in [4.78, 5) is 64.2. The number of likely N-dealkylation sites (N-methyl/N-ethyl adjacent to an activating group) is 1. The standard InChI is InChI=1S/C44H56F3N3O10/c1-4-6-13-21-42(22-14-7-5-2)58-35-33-26-43(41(55)49(3)32(39(53)48-23-24-51)25-29-15-9-8-10-16-29)37(40(54)57-33)50(60-38(43)36(35)59-42)27-31-18-12-11-17-30(31)19-20-34(52)56-28-44(45,46)47/h8-12,15-20,32-33,35-38,51H,4-7,13-14,21-28H2,1-3H3,(H,48,53)/t32-,33-,35+,36+,37+,38-,43+/m1/s1. The second kappa shape index (κ2) is 19.6. The topological polar surface area (TPSA) is 153 Å². The highest BCUT2D eigenvalue weighted by atomic mass is 19.4. The highest BCUT2D eigenvalue weighted by Gasteiger charge is 2.76. The number of nitrogens with one attached hydrogen (secondary N) is 1. The molecular formula is C44H56F3N3O10. The highest BCUT2D eigenvalue weighted by molar-refractivity contribution is 5.96. The minimum absolute atomic E-state index is 0.0151. The highest BCUT2D eigenvalue weighted by Crippen LogP contribution is 2.58. The third-order valence-corrected chi connectivity index (χ3v) is 11.9. The summed E-state index contributed by atoms with van der Waals surface area (Å²) in [6.07, 6.45) is 0.826. The van der Waals surface area contributed by atoms with Crippen LogP contribution in [0.4, 0.5) is 13.2 Å². The lowest BCUT2D eigenvalue weighted by molar-refractivity contribution is -0.225. The summed E-state index contributed by atoms with van der Waals surface area (Å²) in [5, 5.41) is 13.7. The van der Waals surface area contributed by atoms with Crippen molar-refractivity contribution >= 4 is 29.8 Å². The molecule has 1 saturated carbocycles. The molecule has 4 aliphatic rings. The molecular weight excluding hydrogens is 787 g/mol. The number of fused-ring (bicyclic) bond motifs is 4. The molecule has 328 valence electrons. The molecule has 3 heterocycles. The van der Waals surface area contributed by atoms with Crippen molar-refractivity contribution in [2.75, 3.05) is 26.8 Å². The normalized spacial score (nSPS) is 26.1. The van der Waals surface area contributed by atoms with Crippen molar-refractivity contribution in [3.8, 4) is 0 Å². The largest absolute Gasteiger partial charge is 0.458 e. The Kier molecular flexibility index (Phi) is 14.7. The molecule has 0 unspecified atom stereocenters. The first-order valence-electron chi connectivity index (χ1n) is 20.9. The molecule has 3 aliphatic heterocycles. The molecule has 3 saturated heterocycles. The summed E-state index contributed by atoms with van der Waals surface area (Å²) in [5.74, 6) is -3.95. The number of unbranched alkanes of at least 4 members (excludes halogenated alkanes) is 4. The number of alkyl halides is 3. The molecule has 2 aromatic carbocycles. The van der Waals surface area contributed by atoms with Gasteiger partial charge in [-0.3, -0.25) is 19.2 Å². The van der Waals surface area contributed by atoms with Gasteiger partial charge in [-0.15, -0.1) is 0 Å². The van der Waals surface area contributed by atoms with Crippen LogP contribution in [0, 0.1) is 5.41 Å². The number of hydrogen-bond donors (Lipinski definition) is 2. The van der Waals surface area contributed by atoms with E-state index in [9.17, 15) is 32.7 Å². The number of nitrogens with zero attached hydrogens (tertiary/aromatic N) is 2. The van der Waals surface area contributed by atoms with Crippen molar-refractivity contribution in [1.29, 1.82) is 0 Å². The molecule has 1 aliphatic carbocycles. The van der Waals surface area contributed by atoms with Crippen molar-refractivity contribution in [1.82, 2.24) is 15.3 Å². The molecule has 7 atom stereocenters. The van der Waals surface area contributed by atoms with Gasteiger partial charge < -0.3 is 34.3 Å². The first kappa shape index (κ1) is 45.2. The van der Waals surface area contributed by atoms with E-state index < -0.39 is 84.2 Å². The number of halogens is 3. The Balaban J connectivity index is 1.39. The van der Waals surface area contributed by atoms with Gasteiger partial charge in [0.2, 0.25) is 11.8 Å². The second-order valence-electron chi connectivity index (χ2n) is 16.1. The Hall–Kier alpha value is -4.35. The fourth-order valence-corrected chi connectivity index (χ4v) is 9.05. The van der Waals surface area contributed by atoms with Gasteiger partial charge in [0, 0.05) is 45.4 Å². The number of carbonyl (C=O) groups excluding carboxylic acids is 4. The molecule has 4 fully saturated rings. The fraction of sp³-hybridized carbons (Fsp3) is 0.591. The van der Waals surface area contributed by atoms with E-state index >= 15 is 4.79 Å². The van der Waals surface area contributed by atoms with Crippen molar-refractivity contribution < 1.29 is 61.2 Å². The van der Waals surface area contributed by atoms with E-state index in [0.717, 1.165) is 50.2 Å². The Morgan fingerprint density at radius 3 is 2.33 bits per heavy atom. The van der Waals surface area contributed by atoms with E-state index in [1.54, 1.807) is 24.3 Å². The first-order valence-corrected chi connectivity index (χ1v) is 20.9. The number of benzene rings is 2. The molecule has 0 spiro atoms. The molecule has 6 rings (SSSR count). The summed E-state index contributed by atoms with van der Waals surface area (Å²) in [6.45, 7) is 2.03. The first-order chi connectivity index (χ1) is 28.8. The molecule has 0 aromatic heterocycles. The third kappa shape index (κ3) is 9.89. The molecule has 2 N–H and O–H groups in total. The average Bonchev–Trinajstić information content (AvgIpc) is 3.79. The van der Waals surface area contributed by atoms with Crippen molar-refractivity contribution in [2.24, 2.45) is 5.41 Å². The SMILES string of the molecule is CCCCCC1(CCCCC)O[C@@H]2[C@H](O1)[C@H]1ON(Cc3ccccc3C=CC(=O)OCC(F)(F)F)[C@H]3C(=O)O[C@@H]2C[C@@]13C(=O)N(C)[C@H](Cc1ccccc1)C(=O)NCCO. The monoisotopic (exact) mass is 843 g/mol. The lowest BCUT2D eigenvalue weighted by Gasteiger charge is -2.50. The van der Waals surface area contributed by atoms with E-state index in [-0.39, 0.29) is 32.5 Å². The van der Waals surface area contributed by atoms with Crippen molar-refractivity contribution in [3.05, 3.63) is 77.4 Å². The number of aliphatic hydroxyl groups excluding tert-OH is 1. The van der Waals surface area contributed by atoms with Crippen LogP contribution in [0.25, 0.3) is 6.08 Å². The van der Waals surface area contributed by atoms with Gasteiger partial charge >= 0.3 is 18.1 Å². The maximum absolute atomic E-state index is 15.5. The number of rotatable bonds is 20. The van der Waals surface area contributed by atoms with E-state index in [2.05, 4.69) is 23.9 Å². The lowest BCUT2D eigenvalue weighted by Crippen LogP contribution is -2.70. The minimum atomic E-state index is -4.69. The quantitative estimate of drug-likeness (QED) is 0.0999. The van der Waals surface area contributed by atoms with Gasteiger partial charge in [-0.2, -0.15) is 18.2 Å². The zero-order valence-corrected chi connectivity index (χ0v) is 34.4. The Bertz CT molecular complexity index is 1840. The predicted molar refractivity (Wildman–Crippen MR) is 211 cm³/mol. The maximum atomic E-state index is 15.5. The van der Waals surface area contributed by atoms with Crippen LogP contribution in [-0.4, -0.2) is 114 Å². The fourth-order valence-electron chi connectivity index (χ4n) is 9.05. The number of hydrogen-bond acceptors (Lipinski definition) is 11. The average molecular weight is 844 g/mol. The van der Waals surface area contributed by atoms with Gasteiger partial charge in [0.25, 0.3) is 0 Å². The van der Waals surface area contributed by atoms with Gasteiger partial charge in [-0.1, -0.05) is 94.1 Å². The second-order valence-corrected chi connectivity index (χ2v) is 16.1. The summed E-state index contributed by atoms with van der Waals surface area (Å²) in [5.41, 5.74) is 0.0984. The van der Waals surface area contributed by atoms with Crippen LogP contribution in [0.1, 0.15) is 88.3 Å². The van der Waals surface area contributed by atoms with Crippen LogP contribution in [0.2, 0.25) is 0 Å². The van der Waals surface area contributed by atoms with Crippen LogP contribution in [0.5, 0.6) is 0 Å². The Morgan fingerprint density at radius 2 is 1.67 bits per heavy atom.